The Kier molecular flexibility index (Phi) is 3.86. The molecule has 0 aromatic carbocycles. The van der Waals surface area contributed by atoms with Gasteiger partial charge >= 0.3 is 0 Å². The Morgan fingerprint density at radius 1 is 1.61 bits per heavy atom. The van der Waals surface area contributed by atoms with Gasteiger partial charge in [0.05, 0.1) is 11.9 Å². The first kappa shape index (κ1) is 12.9. The second-order valence-electron chi connectivity index (χ2n) is 4.92. The molecule has 1 saturated carbocycles. The van der Waals surface area contributed by atoms with Gasteiger partial charge in [-0.05, 0) is 24.7 Å². The van der Waals surface area contributed by atoms with Gasteiger partial charge in [0.25, 0.3) is 5.91 Å². The zero-order valence-corrected chi connectivity index (χ0v) is 10.6. The summed E-state index contributed by atoms with van der Waals surface area (Å²) in [5.74, 6) is 0.485. The van der Waals surface area contributed by atoms with Gasteiger partial charge < -0.3 is 16.2 Å². The number of amides is 1. The molecule has 0 spiro atoms. The lowest BCUT2D eigenvalue weighted by Gasteiger charge is -2.17. The van der Waals surface area contributed by atoms with E-state index < -0.39 is 0 Å². The molecule has 6 heteroatoms. The Bertz CT molecular complexity index is 410. The molecular formula is C12H20N4O2. The van der Waals surface area contributed by atoms with E-state index in [1.165, 1.54) is 10.9 Å². The Morgan fingerprint density at radius 3 is 2.94 bits per heavy atom. The average molecular weight is 252 g/mol. The molecule has 1 amide bonds. The Labute approximate surface area is 106 Å². The number of nitrogens with zero attached hydrogens (tertiary/aromatic N) is 2. The first-order chi connectivity index (χ1) is 8.63. The van der Waals surface area contributed by atoms with Gasteiger partial charge in [-0.15, -0.1) is 0 Å². The fourth-order valence-corrected chi connectivity index (χ4v) is 2.66. The number of nitrogens with two attached hydrogens (primary N) is 1. The minimum Gasteiger partial charge on any atom is -0.396 e. The number of carbonyl (C=O) groups is 1. The van der Waals surface area contributed by atoms with Crippen molar-refractivity contribution < 1.29 is 9.90 Å². The summed E-state index contributed by atoms with van der Waals surface area (Å²) >= 11 is 0. The van der Waals surface area contributed by atoms with Crippen molar-refractivity contribution in [2.45, 2.75) is 19.3 Å². The van der Waals surface area contributed by atoms with Gasteiger partial charge in [-0.2, -0.15) is 5.10 Å². The van der Waals surface area contributed by atoms with Gasteiger partial charge in [-0.3, -0.25) is 9.48 Å². The van der Waals surface area contributed by atoms with E-state index in [1.807, 2.05) is 0 Å². The molecule has 1 fully saturated rings. The summed E-state index contributed by atoms with van der Waals surface area (Å²) in [5, 5.41) is 16.0. The van der Waals surface area contributed by atoms with Crippen LogP contribution in [0, 0.1) is 11.8 Å². The summed E-state index contributed by atoms with van der Waals surface area (Å²) in [6.07, 6.45) is 4.71. The smallest absolute Gasteiger partial charge is 0.271 e. The maximum atomic E-state index is 12.0. The third kappa shape index (κ3) is 2.48. The van der Waals surface area contributed by atoms with Crippen LogP contribution >= 0.6 is 0 Å². The van der Waals surface area contributed by atoms with E-state index in [4.69, 9.17) is 5.73 Å². The van der Waals surface area contributed by atoms with Crippen LogP contribution in [0.4, 0.5) is 5.69 Å². The second-order valence-corrected chi connectivity index (χ2v) is 4.92. The third-order valence-corrected chi connectivity index (χ3v) is 3.76. The fourth-order valence-electron chi connectivity index (χ4n) is 2.66. The highest BCUT2D eigenvalue weighted by Crippen LogP contribution is 2.30. The molecule has 1 aliphatic carbocycles. The van der Waals surface area contributed by atoms with E-state index >= 15 is 0 Å². The molecule has 2 atom stereocenters. The van der Waals surface area contributed by atoms with E-state index in [2.05, 4.69) is 10.4 Å². The van der Waals surface area contributed by atoms with Crippen LogP contribution in [0.5, 0.6) is 0 Å². The van der Waals surface area contributed by atoms with Gasteiger partial charge in [0.15, 0.2) is 0 Å². The van der Waals surface area contributed by atoms with Crippen LogP contribution in [0.3, 0.4) is 0 Å². The largest absolute Gasteiger partial charge is 0.396 e. The number of carbonyl (C=O) groups excluding carboxylic acids is 1. The zero-order valence-electron chi connectivity index (χ0n) is 10.6. The predicted octanol–water partition coefficient (Wildman–Crippen LogP) is 0.141. The number of nitrogens with one attached hydrogen (secondary N) is 1. The SMILES string of the molecule is Cn1ncc(N)c1C(=O)NCC1CCCC1CO. The summed E-state index contributed by atoms with van der Waals surface area (Å²) in [6.45, 7) is 0.795. The quantitative estimate of drug-likeness (QED) is 0.710. The average Bonchev–Trinajstić information content (AvgIpc) is 2.93. The van der Waals surface area contributed by atoms with Crippen molar-refractivity contribution in [3.05, 3.63) is 11.9 Å². The molecule has 0 saturated heterocycles. The number of hydrogen-bond donors (Lipinski definition) is 3. The maximum absolute atomic E-state index is 12.0. The van der Waals surface area contributed by atoms with Gasteiger partial charge in [0.2, 0.25) is 0 Å². The van der Waals surface area contributed by atoms with E-state index in [-0.39, 0.29) is 12.5 Å². The lowest BCUT2D eigenvalue weighted by molar-refractivity contribution is 0.0929. The molecular weight excluding hydrogens is 232 g/mol. The van der Waals surface area contributed by atoms with E-state index in [9.17, 15) is 9.90 Å². The summed E-state index contributed by atoms with van der Waals surface area (Å²) in [5.41, 5.74) is 6.48. The van der Waals surface area contributed by atoms with E-state index in [1.54, 1.807) is 7.05 Å². The summed E-state index contributed by atoms with van der Waals surface area (Å²) in [7, 11) is 1.69. The Balaban J connectivity index is 1.93. The van der Waals surface area contributed by atoms with Crippen LogP contribution in [-0.2, 0) is 7.05 Å². The molecule has 100 valence electrons. The topological polar surface area (TPSA) is 93.2 Å². The van der Waals surface area contributed by atoms with Crippen LogP contribution in [0.25, 0.3) is 0 Å². The number of rotatable bonds is 4. The van der Waals surface area contributed by atoms with Crippen LogP contribution in [0.2, 0.25) is 0 Å². The molecule has 4 N–H and O–H groups in total. The monoisotopic (exact) mass is 252 g/mol. The summed E-state index contributed by atoms with van der Waals surface area (Å²) < 4.78 is 1.48. The lowest BCUT2D eigenvalue weighted by Crippen LogP contribution is -2.33. The number of hydrogen-bond acceptors (Lipinski definition) is 4. The predicted molar refractivity (Wildman–Crippen MR) is 67.9 cm³/mol. The Morgan fingerprint density at radius 2 is 2.33 bits per heavy atom. The molecule has 1 aromatic rings. The third-order valence-electron chi connectivity index (χ3n) is 3.76. The second kappa shape index (κ2) is 5.39. The first-order valence-corrected chi connectivity index (χ1v) is 6.30. The van der Waals surface area contributed by atoms with Crippen molar-refractivity contribution in [1.29, 1.82) is 0 Å². The number of aryl methyl sites for hydroxylation is 1. The molecule has 2 unspecified atom stereocenters. The van der Waals surface area contributed by atoms with Crippen molar-refractivity contribution in [3.8, 4) is 0 Å². The molecule has 1 aliphatic rings. The number of nitrogen functional groups attached to an aromatic ring is 1. The Hall–Kier alpha value is -1.56. The van der Waals surface area contributed by atoms with Crippen molar-refractivity contribution in [2.24, 2.45) is 18.9 Å². The highest BCUT2D eigenvalue weighted by molar-refractivity contribution is 5.97. The number of anilines is 1. The molecule has 1 heterocycles. The van der Waals surface area contributed by atoms with Crippen molar-refractivity contribution in [2.75, 3.05) is 18.9 Å². The standard InChI is InChI=1S/C12H20N4O2/c1-16-11(10(13)6-15-16)12(18)14-5-8-3-2-4-9(8)7-17/h6,8-9,17H,2-5,7,13H2,1H3,(H,14,18). The molecule has 2 rings (SSSR count). The normalized spacial score (nSPS) is 23.2. The van der Waals surface area contributed by atoms with Crippen LogP contribution in [-0.4, -0.2) is 33.9 Å². The van der Waals surface area contributed by atoms with Gasteiger partial charge in [-0.1, -0.05) is 6.42 Å². The minimum absolute atomic E-state index is 0.198. The number of aromatic nitrogens is 2. The molecule has 0 bridgehead atoms. The highest BCUT2D eigenvalue weighted by atomic mass is 16.3. The lowest BCUT2D eigenvalue weighted by atomic mass is 9.97. The van der Waals surface area contributed by atoms with Crippen LogP contribution in [0.1, 0.15) is 29.8 Å². The fraction of sp³-hybridized carbons (Fsp3) is 0.667. The van der Waals surface area contributed by atoms with Crippen molar-refractivity contribution >= 4 is 11.6 Å². The van der Waals surface area contributed by atoms with Crippen LogP contribution in [0.15, 0.2) is 6.20 Å². The van der Waals surface area contributed by atoms with E-state index in [0.717, 1.165) is 19.3 Å². The minimum atomic E-state index is -0.198. The van der Waals surface area contributed by atoms with Gasteiger partial charge in [0, 0.05) is 20.2 Å². The molecule has 0 radical (unpaired) electrons. The molecule has 6 nitrogen and oxygen atoms in total. The zero-order chi connectivity index (χ0) is 13.1. The highest BCUT2D eigenvalue weighted by Gasteiger charge is 2.27. The van der Waals surface area contributed by atoms with Crippen LogP contribution < -0.4 is 11.1 Å². The summed E-state index contributed by atoms with van der Waals surface area (Å²) in [4.78, 5) is 12.0. The van der Waals surface area contributed by atoms with E-state index in [0.29, 0.717) is 29.8 Å². The maximum Gasteiger partial charge on any atom is 0.271 e. The molecule has 18 heavy (non-hydrogen) atoms. The van der Waals surface area contributed by atoms with Gasteiger partial charge in [0.1, 0.15) is 5.69 Å². The summed E-state index contributed by atoms with van der Waals surface area (Å²) in [6, 6.07) is 0. The first-order valence-electron chi connectivity index (χ1n) is 6.30. The molecule has 0 aliphatic heterocycles. The number of aliphatic hydroxyl groups excluding tert-OH is 1. The van der Waals surface area contributed by atoms with Crippen molar-refractivity contribution in [3.63, 3.8) is 0 Å². The van der Waals surface area contributed by atoms with Crippen molar-refractivity contribution in [1.82, 2.24) is 15.1 Å². The molecule has 1 aromatic heterocycles. The number of aliphatic hydroxyl groups is 1. The van der Waals surface area contributed by atoms with Gasteiger partial charge in [-0.25, -0.2) is 0 Å².